The van der Waals surface area contributed by atoms with Crippen molar-refractivity contribution < 1.29 is 14.6 Å². The molecule has 0 amide bonds. The Morgan fingerprint density at radius 3 is 2.32 bits per heavy atom. The number of hydrogen-bond donors (Lipinski definition) is 1. The Labute approximate surface area is 126 Å². The summed E-state index contributed by atoms with van der Waals surface area (Å²) in [4.78, 5) is 10.5. The van der Waals surface area contributed by atoms with Gasteiger partial charge in [0.1, 0.15) is 11.4 Å². The van der Waals surface area contributed by atoms with Crippen LogP contribution in [0.2, 0.25) is 0 Å². The smallest absolute Gasteiger partial charge is 0.298 e. The number of aromatic hydroxyl groups is 1. The number of phenols is 1. The molecule has 0 saturated heterocycles. The van der Waals surface area contributed by atoms with Crippen molar-refractivity contribution in [1.29, 1.82) is 0 Å². The molecule has 0 heterocycles. The van der Waals surface area contributed by atoms with Crippen LogP contribution < -0.4 is 4.74 Å². The minimum atomic E-state index is 0.194. The number of nitrogens with zero attached hydrogens (tertiary/aromatic N) is 2. The number of para-hydroxylation sites is 1. The van der Waals surface area contributed by atoms with Crippen LogP contribution >= 0.6 is 0 Å². The zero-order chi connectivity index (χ0) is 15.4. The second-order valence-electron chi connectivity index (χ2n) is 4.53. The first kappa shape index (κ1) is 13.8. The maximum absolute atomic E-state index is 10.5. The second-order valence-corrected chi connectivity index (χ2v) is 4.53. The van der Waals surface area contributed by atoms with Crippen molar-refractivity contribution in [2.75, 3.05) is 0 Å². The van der Waals surface area contributed by atoms with E-state index in [1.165, 1.54) is 0 Å². The van der Waals surface area contributed by atoms with Crippen LogP contribution in [0.25, 0.3) is 10.8 Å². The van der Waals surface area contributed by atoms with Gasteiger partial charge in [-0.2, -0.15) is 0 Å². The highest BCUT2D eigenvalue weighted by Crippen LogP contribution is 2.34. The molecule has 0 aliphatic carbocycles. The summed E-state index contributed by atoms with van der Waals surface area (Å²) in [5, 5.41) is 19.7. The van der Waals surface area contributed by atoms with Gasteiger partial charge in [0.15, 0.2) is 5.75 Å². The summed E-state index contributed by atoms with van der Waals surface area (Å²) < 4.78 is 4.86. The van der Waals surface area contributed by atoms with Crippen molar-refractivity contribution in [2.24, 2.45) is 10.2 Å². The van der Waals surface area contributed by atoms with E-state index in [-0.39, 0.29) is 5.75 Å². The van der Waals surface area contributed by atoms with Crippen molar-refractivity contribution in [1.82, 2.24) is 0 Å². The second kappa shape index (κ2) is 6.05. The summed E-state index contributed by atoms with van der Waals surface area (Å²) >= 11 is 0. The number of benzene rings is 3. The number of carbonyl (C=O) groups excluding carboxylic acids is 1. The zero-order valence-electron chi connectivity index (χ0n) is 11.5. The first-order chi connectivity index (χ1) is 10.8. The molecule has 0 atom stereocenters. The van der Waals surface area contributed by atoms with Crippen molar-refractivity contribution >= 4 is 28.6 Å². The Hall–Kier alpha value is -3.21. The largest absolute Gasteiger partial charge is 0.507 e. The number of ether oxygens (including phenoxy) is 1. The molecule has 0 saturated carbocycles. The van der Waals surface area contributed by atoms with E-state index in [0.717, 1.165) is 5.39 Å². The highest BCUT2D eigenvalue weighted by Gasteiger charge is 2.05. The molecule has 0 bridgehead atoms. The molecule has 3 aromatic carbocycles. The van der Waals surface area contributed by atoms with Gasteiger partial charge in [0.2, 0.25) is 0 Å². The molecular weight excluding hydrogens is 280 g/mol. The molecule has 0 aromatic heterocycles. The van der Waals surface area contributed by atoms with Crippen molar-refractivity contribution in [3.8, 4) is 11.5 Å². The van der Waals surface area contributed by atoms with Gasteiger partial charge in [-0.05, 0) is 24.3 Å². The molecule has 3 rings (SSSR count). The monoisotopic (exact) mass is 292 g/mol. The van der Waals surface area contributed by atoms with Gasteiger partial charge < -0.3 is 9.84 Å². The quantitative estimate of drug-likeness (QED) is 0.568. The molecule has 3 aromatic rings. The molecule has 0 spiro atoms. The van der Waals surface area contributed by atoms with E-state index in [1.807, 2.05) is 24.3 Å². The lowest BCUT2D eigenvalue weighted by Gasteiger charge is -2.04. The molecular formula is C17H12N2O3. The topological polar surface area (TPSA) is 71.2 Å². The van der Waals surface area contributed by atoms with Crippen LogP contribution in [0.4, 0.5) is 11.4 Å². The Kier molecular flexibility index (Phi) is 3.78. The average Bonchev–Trinajstić information content (AvgIpc) is 2.56. The van der Waals surface area contributed by atoms with Crippen LogP contribution in [-0.2, 0) is 4.79 Å². The third-order valence-electron chi connectivity index (χ3n) is 3.18. The van der Waals surface area contributed by atoms with Gasteiger partial charge in [0.05, 0.1) is 5.69 Å². The number of fused-ring (bicyclic) bond motifs is 1. The zero-order valence-corrected chi connectivity index (χ0v) is 11.5. The summed E-state index contributed by atoms with van der Waals surface area (Å²) in [6, 6.07) is 17.5. The van der Waals surface area contributed by atoms with E-state index in [9.17, 15) is 9.90 Å². The van der Waals surface area contributed by atoms with Crippen LogP contribution in [0.3, 0.4) is 0 Å². The van der Waals surface area contributed by atoms with E-state index < -0.39 is 0 Å². The lowest BCUT2D eigenvalue weighted by atomic mass is 10.1. The molecule has 0 aliphatic rings. The summed E-state index contributed by atoms with van der Waals surface area (Å²) in [5.41, 5.74) is 1.07. The van der Waals surface area contributed by atoms with Gasteiger partial charge in [0.25, 0.3) is 6.47 Å². The Morgan fingerprint density at radius 1 is 0.818 bits per heavy atom. The van der Waals surface area contributed by atoms with E-state index >= 15 is 0 Å². The number of phenolic OH excluding ortho intramolecular Hbond substituents is 1. The first-order valence-corrected chi connectivity index (χ1v) is 6.61. The summed E-state index contributed by atoms with van der Waals surface area (Å²) in [5.74, 6) is 0.531. The summed E-state index contributed by atoms with van der Waals surface area (Å²) in [7, 11) is 0. The van der Waals surface area contributed by atoms with Crippen LogP contribution in [0.1, 0.15) is 0 Å². The van der Waals surface area contributed by atoms with Gasteiger partial charge in [-0.1, -0.05) is 36.4 Å². The standard InChI is InChI=1S/C17H12N2O3/c20-11-22-17-8-4-3-7-15(17)19-18-14-9-10-16(21)13-6-2-1-5-12(13)14/h1-11,21H/b19-18+. The van der Waals surface area contributed by atoms with Crippen LogP contribution in [0.15, 0.2) is 70.9 Å². The Bertz CT molecular complexity index is 859. The predicted molar refractivity (Wildman–Crippen MR) is 82.9 cm³/mol. The maximum atomic E-state index is 10.5. The minimum Gasteiger partial charge on any atom is -0.507 e. The Balaban J connectivity index is 2.04. The fourth-order valence-corrected chi connectivity index (χ4v) is 2.15. The van der Waals surface area contributed by atoms with E-state index in [2.05, 4.69) is 10.2 Å². The Morgan fingerprint density at radius 2 is 1.50 bits per heavy atom. The molecule has 1 N–H and O–H groups in total. The van der Waals surface area contributed by atoms with Crippen molar-refractivity contribution in [2.45, 2.75) is 0 Å². The minimum absolute atomic E-state index is 0.194. The number of azo groups is 1. The van der Waals surface area contributed by atoms with Gasteiger partial charge in [0, 0.05) is 10.8 Å². The van der Waals surface area contributed by atoms with E-state index in [0.29, 0.717) is 29.0 Å². The lowest BCUT2D eigenvalue weighted by molar-refractivity contribution is -0.120. The van der Waals surface area contributed by atoms with Gasteiger partial charge in [-0.25, -0.2) is 0 Å². The third-order valence-corrected chi connectivity index (χ3v) is 3.18. The average molecular weight is 292 g/mol. The first-order valence-electron chi connectivity index (χ1n) is 6.61. The predicted octanol–water partition coefficient (Wildman–Crippen LogP) is 4.50. The molecule has 0 aliphatic heterocycles. The number of rotatable bonds is 4. The SMILES string of the molecule is O=COc1ccccc1/N=N/c1ccc(O)c2ccccc12. The molecule has 5 heteroatoms. The maximum Gasteiger partial charge on any atom is 0.298 e. The van der Waals surface area contributed by atoms with Crippen LogP contribution in [-0.4, -0.2) is 11.6 Å². The van der Waals surface area contributed by atoms with Crippen molar-refractivity contribution in [3.05, 3.63) is 60.7 Å². The molecule has 22 heavy (non-hydrogen) atoms. The van der Waals surface area contributed by atoms with E-state index in [4.69, 9.17) is 4.74 Å². The number of hydrogen-bond acceptors (Lipinski definition) is 5. The van der Waals surface area contributed by atoms with Crippen molar-refractivity contribution in [3.63, 3.8) is 0 Å². The fourth-order valence-electron chi connectivity index (χ4n) is 2.15. The van der Waals surface area contributed by atoms with Gasteiger partial charge >= 0.3 is 0 Å². The lowest BCUT2D eigenvalue weighted by Crippen LogP contribution is -1.87. The van der Waals surface area contributed by atoms with Crippen LogP contribution in [0, 0.1) is 0 Å². The van der Waals surface area contributed by atoms with E-state index in [1.54, 1.807) is 36.4 Å². The molecule has 0 radical (unpaired) electrons. The highest BCUT2D eigenvalue weighted by molar-refractivity contribution is 5.96. The normalized spacial score (nSPS) is 10.9. The van der Waals surface area contributed by atoms with Gasteiger partial charge in [-0.15, -0.1) is 10.2 Å². The highest BCUT2D eigenvalue weighted by atomic mass is 16.5. The third kappa shape index (κ3) is 2.64. The number of carbonyl (C=O) groups is 1. The molecule has 5 nitrogen and oxygen atoms in total. The summed E-state index contributed by atoms with van der Waals surface area (Å²) in [6.45, 7) is 0.351. The van der Waals surface area contributed by atoms with Gasteiger partial charge in [-0.3, -0.25) is 4.79 Å². The molecule has 0 fully saturated rings. The summed E-state index contributed by atoms with van der Waals surface area (Å²) in [6.07, 6.45) is 0. The molecule has 0 unspecified atom stereocenters. The van der Waals surface area contributed by atoms with Crippen LogP contribution in [0.5, 0.6) is 11.5 Å². The molecule has 108 valence electrons. The fraction of sp³-hybridized carbons (Fsp3) is 0.